The summed E-state index contributed by atoms with van der Waals surface area (Å²) in [7, 11) is 0. The van der Waals surface area contributed by atoms with Crippen molar-refractivity contribution < 1.29 is 9.90 Å². The van der Waals surface area contributed by atoms with E-state index in [2.05, 4.69) is 10.4 Å². The maximum atomic E-state index is 11.5. The lowest BCUT2D eigenvalue weighted by Crippen LogP contribution is -2.53. The van der Waals surface area contributed by atoms with Gasteiger partial charge in [-0.1, -0.05) is 0 Å². The van der Waals surface area contributed by atoms with Crippen LogP contribution in [0, 0.1) is 6.92 Å². The Bertz CT molecular complexity index is 441. The Kier molecular flexibility index (Phi) is 3.43. The van der Waals surface area contributed by atoms with Gasteiger partial charge in [-0.25, -0.2) is 0 Å². The molecule has 1 heterocycles. The van der Waals surface area contributed by atoms with E-state index < -0.39 is 11.5 Å². The number of aliphatic carboxylic acids is 1. The molecular formula is C13H21N3O2. The van der Waals surface area contributed by atoms with Gasteiger partial charge in [-0.15, -0.1) is 0 Å². The minimum Gasteiger partial charge on any atom is -0.480 e. The molecule has 0 spiro atoms. The van der Waals surface area contributed by atoms with Crippen molar-refractivity contribution >= 4 is 5.97 Å². The van der Waals surface area contributed by atoms with Crippen LogP contribution in [0.1, 0.15) is 44.8 Å². The van der Waals surface area contributed by atoms with E-state index in [4.69, 9.17) is 0 Å². The maximum absolute atomic E-state index is 11.5. The monoisotopic (exact) mass is 251 g/mol. The number of hydrogen-bond acceptors (Lipinski definition) is 3. The van der Waals surface area contributed by atoms with Crippen LogP contribution < -0.4 is 5.32 Å². The highest BCUT2D eigenvalue weighted by molar-refractivity contribution is 5.79. The number of nitrogens with one attached hydrogen (secondary N) is 1. The number of carboxylic acid groups (broad SMARTS) is 1. The van der Waals surface area contributed by atoms with E-state index in [1.165, 1.54) is 0 Å². The zero-order valence-electron chi connectivity index (χ0n) is 11.2. The van der Waals surface area contributed by atoms with Gasteiger partial charge in [0.2, 0.25) is 0 Å². The zero-order chi connectivity index (χ0) is 13.3. The van der Waals surface area contributed by atoms with Gasteiger partial charge >= 0.3 is 5.97 Å². The van der Waals surface area contributed by atoms with Gasteiger partial charge in [0.05, 0.1) is 11.7 Å². The average Bonchev–Trinajstić information content (AvgIpc) is 2.84. The Balaban J connectivity index is 2.15. The van der Waals surface area contributed by atoms with Gasteiger partial charge in [0.1, 0.15) is 5.54 Å². The van der Waals surface area contributed by atoms with Crippen LogP contribution in [0.15, 0.2) is 12.3 Å². The van der Waals surface area contributed by atoms with Crippen LogP contribution in [0.4, 0.5) is 0 Å². The summed E-state index contributed by atoms with van der Waals surface area (Å²) in [4.78, 5) is 11.5. The summed E-state index contributed by atoms with van der Waals surface area (Å²) < 4.78 is 1.90. The fourth-order valence-electron chi connectivity index (χ4n) is 2.82. The topological polar surface area (TPSA) is 67.2 Å². The van der Waals surface area contributed by atoms with Crippen molar-refractivity contribution in [2.75, 3.05) is 0 Å². The number of hydrogen-bond donors (Lipinski definition) is 2. The molecular weight excluding hydrogens is 230 g/mol. The summed E-state index contributed by atoms with van der Waals surface area (Å²) in [5.74, 6) is -0.748. The third kappa shape index (κ3) is 2.41. The first kappa shape index (κ1) is 13.1. The molecule has 2 unspecified atom stereocenters. The Morgan fingerprint density at radius 3 is 2.89 bits per heavy atom. The number of carbonyl (C=O) groups is 1. The van der Waals surface area contributed by atoms with E-state index >= 15 is 0 Å². The molecule has 2 atom stereocenters. The molecule has 0 aromatic carbocycles. The summed E-state index contributed by atoms with van der Waals surface area (Å²) in [5, 5.41) is 17.1. The van der Waals surface area contributed by atoms with E-state index in [1.807, 2.05) is 37.7 Å². The van der Waals surface area contributed by atoms with E-state index in [0.717, 1.165) is 12.1 Å². The largest absolute Gasteiger partial charge is 0.480 e. The molecule has 1 saturated carbocycles. The molecule has 0 radical (unpaired) electrons. The molecule has 1 aliphatic carbocycles. The highest BCUT2D eigenvalue weighted by atomic mass is 16.4. The molecule has 2 rings (SSSR count). The Morgan fingerprint density at radius 2 is 2.39 bits per heavy atom. The second kappa shape index (κ2) is 4.72. The lowest BCUT2D eigenvalue weighted by Gasteiger charge is -2.28. The second-order valence-electron chi connectivity index (χ2n) is 5.52. The predicted octanol–water partition coefficient (Wildman–Crippen LogP) is 1.74. The molecule has 1 aromatic rings. The van der Waals surface area contributed by atoms with E-state index in [-0.39, 0.29) is 12.1 Å². The molecule has 18 heavy (non-hydrogen) atoms. The Hall–Kier alpha value is -1.36. The Morgan fingerprint density at radius 1 is 1.67 bits per heavy atom. The average molecular weight is 251 g/mol. The van der Waals surface area contributed by atoms with Gasteiger partial charge in [0, 0.05) is 12.2 Å². The first-order chi connectivity index (χ1) is 8.43. The number of rotatable bonds is 4. The molecule has 0 aliphatic heterocycles. The van der Waals surface area contributed by atoms with Crippen molar-refractivity contribution in [3.05, 3.63) is 18.0 Å². The number of nitrogens with zero attached hydrogens (tertiary/aromatic N) is 2. The maximum Gasteiger partial charge on any atom is 0.323 e. The Labute approximate surface area is 107 Å². The predicted molar refractivity (Wildman–Crippen MR) is 68.5 cm³/mol. The number of aryl methyl sites for hydroxylation is 1. The van der Waals surface area contributed by atoms with Gasteiger partial charge in [0.15, 0.2) is 0 Å². The lowest BCUT2D eigenvalue weighted by atomic mass is 9.96. The number of carboxylic acids is 1. The van der Waals surface area contributed by atoms with Crippen molar-refractivity contribution in [2.45, 2.75) is 57.7 Å². The summed E-state index contributed by atoms with van der Waals surface area (Å²) in [6.45, 7) is 5.91. The van der Waals surface area contributed by atoms with Crippen molar-refractivity contribution in [1.29, 1.82) is 0 Å². The van der Waals surface area contributed by atoms with E-state index in [1.54, 1.807) is 0 Å². The highest BCUT2D eigenvalue weighted by Crippen LogP contribution is 2.38. The SMILES string of the molecule is Cc1ccn(C2CCC(NC(C)C)(C(=O)O)C2)n1. The zero-order valence-corrected chi connectivity index (χ0v) is 11.2. The van der Waals surface area contributed by atoms with Gasteiger partial charge in [-0.3, -0.25) is 14.8 Å². The van der Waals surface area contributed by atoms with Crippen LogP contribution >= 0.6 is 0 Å². The van der Waals surface area contributed by atoms with E-state index in [9.17, 15) is 9.90 Å². The molecule has 1 fully saturated rings. The minimum absolute atomic E-state index is 0.166. The van der Waals surface area contributed by atoms with Crippen LogP contribution in [0.25, 0.3) is 0 Å². The van der Waals surface area contributed by atoms with Gasteiger partial charge in [-0.2, -0.15) is 5.10 Å². The number of aromatic nitrogens is 2. The standard InChI is InChI=1S/C13H21N3O2/c1-9(2)14-13(12(17)18)6-4-11(8-13)16-7-5-10(3)15-16/h5,7,9,11,14H,4,6,8H2,1-3H3,(H,17,18). The van der Waals surface area contributed by atoms with Crippen molar-refractivity contribution in [2.24, 2.45) is 0 Å². The smallest absolute Gasteiger partial charge is 0.323 e. The summed E-state index contributed by atoms with van der Waals surface area (Å²) in [5.41, 5.74) is 0.179. The van der Waals surface area contributed by atoms with Crippen LogP contribution in [0.2, 0.25) is 0 Å². The summed E-state index contributed by atoms with van der Waals surface area (Å²) >= 11 is 0. The molecule has 0 saturated heterocycles. The quantitative estimate of drug-likeness (QED) is 0.855. The fraction of sp³-hybridized carbons (Fsp3) is 0.692. The summed E-state index contributed by atoms with van der Waals surface area (Å²) in [6, 6.07) is 2.30. The molecule has 5 nitrogen and oxygen atoms in total. The molecule has 5 heteroatoms. The van der Waals surface area contributed by atoms with Crippen molar-refractivity contribution in [3.63, 3.8) is 0 Å². The molecule has 1 aromatic heterocycles. The van der Waals surface area contributed by atoms with Gasteiger partial charge < -0.3 is 5.11 Å². The lowest BCUT2D eigenvalue weighted by molar-refractivity contribution is -0.145. The fourth-order valence-corrected chi connectivity index (χ4v) is 2.82. The normalized spacial score (nSPS) is 27.9. The first-order valence-electron chi connectivity index (χ1n) is 6.46. The summed E-state index contributed by atoms with van der Waals surface area (Å²) in [6.07, 6.45) is 4.05. The molecule has 0 amide bonds. The third-order valence-corrected chi connectivity index (χ3v) is 3.58. The van der Waals surface area contributed by atoms with Crippen LogP contribution in [-0.2, 0) is 4.79 Å². The van der Waals surface area contributed by atoms with Crippen LogP contribution in [-0.4, -0.2) is 32.4 Å². The molecule has 0 bridgehead atoms. The molecule has 2 N–H and O–H groups in total. The third-order valence-electron chi connectivity index (χ3n) is 3.58. The minimum atomic E-state index is -0.793. The van der Waals surface area contributed by atoms with Crippen molar-refractivity contribution in [3.8, 4) is 0 Å². The molecule has 1 aliphatic rings. The molecule has 100 valence electrons. The van der Waals surface area contributed by atoms with Crippen LogP contribution in [0.3, 0.4) is 0 Å². The van der Waals surface area contributed by atoms with Gasteiger partial charge in [-0.05, 0) is 46.1 Å². The first-order valence-corrected chi connectivity index (χ1v) is 6.46. The second-order valence-corrected chi connectivity index (χ2v) is 5.52. The van der Waals surface area contributed by atoms with E-state index in [0.29, 0.717) is 12.8 Å². The highest BCUT2D eigenvalue weighted by Gasteiger charge is 2.46. The van der Waals surface area contributed by atoms with Crippen molar-refractivity contribution in [1.82, 2.24) is 15.1 Å². The van der Waals surface area contributed by atoms with Gasteiger partial charge in [0.25, 0.3) is 0 Å². The van der Waals surface area contributed by atoms with Crippen LogP contribution in [0.5, 0.6) is 0 Å².